The highest BCUT2D eigenvalue weighted by Crippen LogP contribution is 2.26. The Bertz CT molecular complexity index is 413. The number of hydrogen-bond donors (Lipinski definition) is 1. The molecule has 3 nitrogen and oxygen atoms in total. The van der Waals surface area contributed by atoms with Crippen LogP contribution in [0.4, 0.5) is 0 Å². The molecule has 1 heterocycles. The topological polar surface area (TPSA) is 24.5 Å². The molecule has 0 amide bonds. The SMILES string of the molecule is CNC(C)c1ccc(C)cc1OCCN1CCCCC1. The highest BCUT2D eigenvalue weighted by Gasteiger charge is 2.12. The quantitative estimate of drug-likeness (QED) is 0.864. The minimum atomic E-state index is 0.320. The molecule has 0 aromatic heterocycles. The second-order valence-electron chi connectivity index (χ2n) is 5.80. The number of ether oxygens (including phenoxy) is 1. The second kappa shape index (κ2) is 7.65. The first-order valence-corrected chi connectivity index (χ1v) is 7.83. The van der Waals surface area contributed by atoms with Crippen molar-refractivity contribution < 1.29 is 4.74 Å². The Morgan fingerprint density at radius 3 is 2.70 bits per heavy atom. The maximum Gasteiger partial charge on any atom is 0.124 e. The van der Waals surface area contributed by atoms with Gasteiger partial charge in [-0.3, -0.25) is 4.90 Å². The summed E-state index contributed by atoms with van der Waals surface area (Å²) in [5.41, 5.74) is 2.50. The molecule has 0 bridgehead atoms. The minimum absolute atomic E-state index is 0.320. The molecule has 1 saturated heterocycles. The molecule has 1 aromatic carbocycles. The molecule has 0 saturated carbocycles. The monoisotopic (exact) mass is 276 g/mol. The number of benzene rings is 1. The van der Waals surface area contributed by atoms with Crippen molar-refractivity contribution in [2.45, 2.75) is 39.2 Å². The highest BCUT2D eigenvalue weighted by atomic mass is 16.5. The molecule has 2 rings (SSSR count). The molecule has 1 fully saturated rings. The van der Waals surface area contributed by atoms with Crippen LogP contribution in [0, 0.1) is 6.92 Å². The van der Waals surface area contributed by atoms with Gasteiger partial charge in [0.05, 0.1) is 0 Å². The predicted octanol–water partition coefficient (Wildman–Crippen LogP) is 3.14. The van der Waals surface area contributed by atoms with Crippen LogP contribution in [0.1, 0.15) is 43.4 Å². The zero-order chi connectivity index (χ0) is 14.4. The Balaban J connectivity index is 1.92. The van der Waals surface area contributed by atoms with Crippen LogP contribution in [0.25, 0.3) is 0 Å². The van der Waals surface area contributed by atoms with E-state index in [4.69, 9.17) is 4.74 Å². The van der Waals surface area contributed by atoms with E-state index in [2.05, 4.69) is 42.3 Å². The predicted molar refractivity (Wildman–Crippen MR) is 84.4 cm³/mol. The summed E-state index contributed by atoms with van der Waals surface area (Å²) in [6.45, 7) is 8.58. The average Bonchev–Trinajstić information content (AvgIpc) is 2.48. The molecule has 1 unspecified atom stereocenters. The normalized spacial score (nSPS) is 17.9. The van der Waals surface area contributed by atoms with Crippen LogP contribution in [0.3, 0.4) is 0 Å². The minimum Gasteiger partial charge on any atom is -0.492 e. The Kier molecular flexibility index (Phi) is 5.86. The van der Waals surface area contributed by atoms with Crippen molar-refractivity contribution in [3.8, 4) is 5.75 Å². The van der Waals surface area contributed by atoms with E-state index in [0.717, 1.165) is 18.9 Å². The van der Waals surface area contributed by atoms with Crippen LogP contribution in [0.5, 0.6) is 5.75 Å². The summed E-state index contributed by atoms with van der Waals surface area (Å²) in [5, 5.41) is 3.29. The first-order valence-electron chi connectivity index (χ1n) is 7.83. The van der Waals surface area contributed by atoms with E-state index in [9.17, 15) is 0 Å². The van der Waals surface area contributed by atoms with E-state index in [1.54, 1.807) is 0 Å². The summed E-state index contributed by atoms with van der Waals surface area (Å²) in [5.74, 6) is 1.03. The van der Waals surface area contributed by atoms with Crippen LogP contribution < -0.4 is 10.1 Å². The molecular weight excluding hydrogens is 248 g/mol. The lowest BCUT2D eigenvalue weighted by molar-refractivity contribution is 0.182. The van der Waals surface area contributed by atoms with E-state index in [-0.39, 0.29) is 0 Å². The number of rotatable bonds is 6. The second-order valence-corrected chi connectivity index (χ2v) is 5.80. The average molecular weight is 276 g/mol. The van der Waals surface area contributed by atoms with Gasteiger partial charge in [0.15, 0.2) is 0 Å². The molecule has 0 spiro atoms. The van der Waals surface area contributed by atoms with E-state index < -0.39 is 0 Å². The summed E-state index contributed by atoms with van der Waals surface area (Å²) in [6.07, 6.45) is 4.07. The summed E-state index contributed by atoms with van der Waals surface area (Å²) in [7, 11) is 1.99. The Hall–Kier alpha value is -1.06. The highest BCUT2D eigenvalue weighted by molar-refractivity contribution is 5.39. The summed E-state index contributed by atoms with van der Waals surface area (Å²) in [6, 6.07) is 6.80. The zero-order valence-corrected chi connectivity index (χ0v) is 13.1. The fourth-order valence-electron chi connectivity index (χ4n) is 2.75. The van der Waals surface area contributed by atoms with Crippen LogP contribution in [-0.2, 0) is 0 Å². The first kappa shape index (κ1) is 15.3. The van der Waals surface area contributed by atoms with Gasteiger partial charge in [-0.1, -0.05) is 18.6 Å². The number of hydrogen-bond acceptors (Lipinski definition) is 3. The molecule has 0 aliphatic carbocycles. The van der Waals surface area contributed by atoms with Gasteiger partial charge in [-0.25, -0.2) is 0 Å². The van der Waals surface area contributed by atoms with Crippen LogP contribution in [0.15, 0.2) is 18.2 Å². The first-order chi connectivity index (χ1) is 9.70. The van der Waals surface area contributed by atoms with Crippen molar-refractivity contribution in [3.05, 3.63) is 29.3 Å². The van der Waals surface area contributed by atoms with E-state index in [1.807, 2.05) is 7.05 Å². The molecule has 1 aromatic rings. The third-order valence-corrected chi connectivity index (χ3v) is 4.18. The maximum absolute atomic E-state index is 6.06. The fraction of sp³-hybridized carbons (Fsp3) is 0.647. The summed E-state index contributed by atoms with van der Waals surface area (Å²) < 4.78 is 6.06. The molecular formula is C17H28N2O. The van der Waals surface area contributed by atoms with Crippen LogP contribution in [0.2, 0.25) is 0 Å². The van der Waals surface area contributed by atoms with Gasteiger partial charge in [-0.05, 0) is 58.5 Å². The van der Waals surface area contributed by atoms with Crippen molar-refractivity contribution in [2.75, 3.05) is 33.3 Å². The Morgan fingerprint density at radius 1 is 1.25 bits per heavy atom. The van der Waals surface area contributed by atoms with Gasteiger partial charge >= 0.3 is 0 Å². The maximum atomic E-state index is 6.06. The number of piperidine rings is 1. The smallest absolute Gasteiger partial charge is 0.124 e. The van der Waals surface area contributed by atoms with Crippen LogP contribution >= 0.6 is 0 Å². The van der Waals surface area contributed by atoms with E-state index >= 15 is 0 Å². The fourth-order valence-corrected chi connectivity index (χ4v) is 2.75. The Morgan fingerprint density at radius 2 is 2.00 bits per heavy atom. The number of aryl methyl sites for hydroxylation is 1. The molecule has 0 radical (unpaired) electrons. The molecule has 112 valence electrons. The summed E-state index contributed by atoms with van der Waals surface area (Å²) in [4.78, 5) is 2.51. The largest absolute Gasteiger partial charge is 0.492 e. The lowest BCUT2D eigenvalue weighted by Crippen LogP contribution is -2.33. The zero-order valence-electron chi connectivity index (χ0n) is 13.1. The van der Waals surface area contributed by atoms with Gasteiger partial charge in [-0.2, -0.15) is 0 Å². The Labute approximate surface area is 123 Å². The van der Waals surface area contributed by atoms with Gasteiger partial charge in [0.1, 0.15) is 12.4 Å². The van der Waals surface area contributed by atoms with Crippen molar-refractivity contribution in [1.29, 1.82) is 0 Å². The van der Waals surface area contributed by atoms with Gasteiger partial charge in [0.25, 0.3) is 0 Å². The number of nitrogens with zero attached hydrogens (tertiary/aromatic N) is 1. The van der Waals surface area contributed by atoms with Crippen molar-refractivity contribution >= 4 is 0 Å². The molecule has 1 aliphatic heterocycles. The molecule has 1 atom stereocenters. The van der Waals surface area contributed by atoms with Crippen molar-refractivity contribution in [1.82, 2.24) is 10.2 Å². The van der Waals surface area contributed by atoms with Gasteiger partial charge in [-0.15, -0.1) is 0 Å². The van der Waals surface area contributed by atoms with Crippen LogP contribution in [-0.4, -0.2) is 38.2 Å². The number of likely N-dealkylation sites (tertiary alicyclic amines) is 1. The van der Waals surface area contributed by atoms with E-state index in [1.165, 1.54) is 43.5 Å². The van der Waals surface area contributed by atoms with Gasteiger partial charge in [0.2, 0.25) is 0 Å². The lowest BCUT2D eigenvalue weighted by Gasteiger charge is -2.26. The van der Waals surface area contributed by atoms with Gasteiger partial charge < -0.3 is 10.1 Å². The van der Waals surface area contributed by atoms with Crippen molar-refractivity contribution in [2.24, 2.45) is 0 Å². The van der Waals surface area contributed by atoms with Gasteiger partial charge in [0, 0.05) is 18.2 Å². The third-order valence-electron chi connectivity index (χ3n) is 4.18. The molecule has 3 heteroatoms. The lowest BCUT2D eigenvalue weighted by atomic mass is 10.1. The summed E-state index contributed by atoms with van der Waals surface area (Å²) >= 11 is 0. The van der Waals surface area contributed by atoms with Crippen molar-refractivity contribution in [3.63, 3.8) is 0 Å². The standard InChI is InChI=1S/C17H28N2O/c1-14-7-8-16(15(2)18-3)17(13-14)20-12-11-19-9-5-4-6-10-19/h7-8,13,15,18H,4-6,9-12H2,1-3H3. The molecule has 1 aliphatic rings. The third kappa shape index (κ3) is 4.22. The number of nitrogens with one attached hydrogen (secondary N) is 1. The molecule has 1 N–H and O–H groups in total. The molecule has 20 heavy (non-hydrogen) atoms. The van der Waals surface area contributed by atoms with E-state index in [0.29, 0.717) is 6.04 Å².